The predicted molar refractivity (Wildman–Crippen MR) is 115 cm³/mol. The highest BCUT2D eigenvalue weighted by molar-refractivity contribution is 7.92. The van der Waals surface area contributed by atoms with Gasteiger partial charge in [-0.3, -0.25) is 9.52 Å². The van der Waals surface area contributed by atoms with Crippen LogP contribution in [0.15, 0.2) is 71.6 Å². The van der Waals surface area contributed by atoms with Crippen LogP contribution in [0.3, 0.4) is 0 Å². The molecule has 7 nitrogen and oxygen atoms in total. The molecule has 1 amide bonds. The number of benzene rings is 3. The molecule has 9 heteroatoms. The van der Waals surface area contributed by atoms with Gasteiger partial charge in [-0.1, -0.05) is 29.8 Å². The van der Waals surface area contributed by atoms with Crippen molar-refractivity contribution in [2.45, 2.75) is 4.90 Å². The van der Waals surface area contributed by atoms with Crippen LogP contribution in [-0.2, 0) is 10.0 Å². The van der Waals surface area contributed by atoms with Gasteiger partial charge < -0.3 is 14.8 Å². The van der Waals surface area contributed by atoms with Gasteiger partial charge in [-0.15, -0.1) is 0 Å². The summed E-state index contributed by atoms with van der Waals surface area (Å²) in [5, 5.41) is 2.78. The third-order valence-electron chi connectivity index (χ3n) is 4.11. The molecule has 30 heavy (non-hydrogen) atoms. The van der Waals surface area contributed by atoms with Crippen LogP contribution in [-0.4, -0.2) is 28.5 Å². The lowest BCUT2D eigenvalue weighted by Crippen LogP contribution is -2.20. The van der Waals surface area contributed by atoms with Crippen LogP contribution in [0.25, 0.3) is 0 Å². The fourth-order valence-electron chi connectivity index (χ4n) is 2.66. The molecule has 0 atom stereocenters. The summed E-state index contributed by atoms with van der Waals surface area (Å²) in [6.07, 6.45) is 0. The van der Waals surface area contributed by atoms with Gasteiger partial charge in [-0.25, -0.2) is 8.42 Å². The second kappa shape index (κ2) is 9.06. The van der Waals surface area contributed by atoms with E-state index in [1.54, 1.807) is 36.4 Å². The van der Waals surface area contributed by atoms with E-state index in [1.807, 2.05) is 6.07 Å². The average molecular weight is 447 g/mol. The summed E-state index contributed by atoms with van der Waals surface area (Å²) < 4.78 is 39.4. The van der Waals surface area contributed by atoms with Gasteiger partial charge in [-0.2, -0.15) is 0 Å². The normalized spacial score (nSPS) is 10.9. The van der Waals surface area contributed by atoms with E-state index < -0.39 is 15.9 Å². The number of nitrogens with one attached hydrogen (secondary N) is 2. The van der Waals surface area contributed by atoms with E-state index in [9.17, 15) is 13.2 Å². The molecule has 156 valence electrons. The predicted octanol–water partition coefficient (Wildman–Crippen LogP) is 4.30. The summed E-state index contributed by atoms with van der Waals surface area (Å²) in [7, 11) is -1.22. The molecule has 0 unspecified atom stereocenters. The molecule has 0 aliphatic carbocycles. The number of carbonyl (C=O) groups excluding carboxylic acids is 1. The lowest BCUT2D eigenvalue weighted by atomic mass is 10.2. The van der Waals surface area contributed by atoms with Crippen LogP contribution in [0.1, 0.15) is 10.4 Å². The second-order valence-electron chi connectivity index (χ2n) is 6.10. The van der Waals surface area contributed by atoms with E-state index in [0.29, 0.717) is 10.8 Å². The number of hydrogen-bond acceptors (Lipinski definition) is 5. The van der Waals surface area contributed by atoms with Crippen molar-refractivity contribution in [2.75, 3.05) is 18.9 Å². The number of para-hydroxylation sites is 1. The second-order valence-corrected chi connectivity index (χ2v) is 8.22. The number of methoxy groups -OCH3 is 1. The van der Waals surface area contributed by atoms with Crippen molar-refractivity contribution in [3.8, 4) is 17.2 Å². The number of anilines is 1. The minimum absolute atomic E-state index is 0.0923. The maximum absolute atomic E-state index is 13.0. The molecule has 0 aliphatic heterocycles. The van der Waals surface area contributed by atoms with Crippen molar-refractivity contribution >= 4 is 33.2 Å². The lowest BCUT2D eigenvalue weighted by Gasteiger charge is -2.15. The maximum atomic E-state index is 13.0. The highest BCUT2D eigenvalue weighted by Crippen LogP contribution is 2.34. The van der Waals surface area contributed by atoms with E-state index in [2.05, 4.69) is 10.0 Å². The standard InChI is InChI=1S/C21H19ClN2O5S/c1-23-21(25)17-13-16(9-11-19(17)28-2)30(26,27)24-18-12-14(22)8-10-20(18)29-15-6-4-3-5-7-15/h3-13,24H,1-2H3,(H,23,25). The van der Waals surface area contributed by atoms with Gasteiger partial charge in [0, 0.05) is 12.1 Å². The molecule has 3 aromatic carbocycles. The van der Waals surface area contributed by atoms with Crippen molar-refractivity contribution < 1.29 is 22.7 Å². The zero-order valence-corrected chi connectivity index (χ0v) is 17.8. The van der Waals surface area contributed by atoms with Gasteiger partial charge in [0.25, 0.3) is 15.9 Å². The van der Waals surface area contributed by atoms with E-state index in [-0.39, 0.29) is 27.6 Å². The van der Waals surface area contributed by atoms with E-state index >= 15 is 0 Å². The number of rotatable bonds is 7. The summed E-state index contributed by atoms with van der Waals surface area (Å²) in [5.41, 5.74) is 0.249. The Morgan fingerprint density at radius 2 is 1.67 bits per heavy atom. The Labute approximate surface area is 179 Å². The first-order valence-electron chi connectivity index (χ1n) is 8.79. The Morgan fingerprint density at radius 1 is 0.967 bits per heavy atom. The van der Waals surface area contributed by atoms with Crippen LogP contribution >= 0.6 is 11.6 Å². The number of amides is 1. The first kappa shape index (κ1) is 21.5. The van der Waals surface area contributed by atoms with Crippen LogP contribution in [0, 0.1) is 0 Å². The molecule has 0 saturated heterocycles. The largest absolute Gasteiger partial charge is 0.496 e. The van der Waals surface area contributed by atoms with Gasteiger partial charge in [0.05, 0.1) is 23.3 Å². The molecule has 0 heterocycles. The minimum atomic E-state index is -4.06. The van der Waals surface area contributed by atoms with Gasteiger partial charge in [0.15, 0.2) is 5.75 Å². The van der Waals surface area contributed by atoms with Crippen molar-refractivity contribution in [3.63, 3.8) is 0 Å². The van der Waals surface area contributed by atoms with E-state index in [1.165, 1.54) is 38.4 Å². The molecule has 0 spiro atoms. The van der Waals surface area contributed by atoms with Crippen LogP contribution < -0.4 is 19.5 Å². The first-order valence-corrected chi connectivity index (χ1v) is 10.7. The number of halogens is 1. The summed E-state index contributed by atoms with van der Waals surface area (Å²) in [4.78, 5) is 12.0. The van der Waals surface area contributed by atoms with Gasteiger partial charge in [0.2, 0.25) is 0 Å². The molecule has 0 radical (unpaired) electrons. The van der Waals surface area contributed by atoms with Crippen molar-refractivity contribution in [1.29, 1.82) is 0 Å². The zero-order valence-electron chi connectivity index (χ0n) is 16.2. The van der Waals surface area contributed by atoms with Crippen LogP contribution in [0.5, 0.6) is 17.2 Å². The molecule has 3 rings (SSSR count). The average Bonchev–Trinajstić information content (AvgIpc) is 2.75. The number of carbonyl (C=O) groups is 1. The Morgan fingerprint density at radius 3 is 2.33 bits per heavy atom. The zero-order chi connectivity index (χ0) is 21.7. The van der Waals surface area contributed by atoms with Crippen molar-refractivity contribution in [2.24, 2.45) is 0 Å². The third-order valence-corrected chi connectivity index (χ3v) is 5.71. The fraction of sp³-hybridized carbons (Fsp3) is 0.0952. The molecule has 0 fully saturated rings. The first-order chi connectivity index (χ1) is 14.3. The number of hydrogen-bond donors (Lipinski definition) is 2. The Kier molecular flexibility index (Phi) is 6.49. The molecule has 0 aromatic heterocycles. The topological polar surface area (TPSA) is 93.7 Å². The van der Waals surface area contributed by atoms with Gasteiger partial charge in [-0.05, 0) is 48.5 Å². The smallest absolute Gasteiger partial charge is 0.262 e. The number of ether oxygens (including phenoxy) is 2. The van der Waals surface area contributed by atoms with Crippen molar-refractivity contribution in [1.82, 2.24) is 5.32 Å². The molecule has 2 N–H and O–H groups in total. The van der Waals surface area contributed by atoms with E-state index in [0.717, 1.165) is 0 Å². The number of sulfonamides is 1. The summed E-state index contributed by atoms with van der Waals surface area (Å²) in [5.74, 6) is 0.588. The molecule has 3 aromatic rings. The summed E-state index contributed by atoms with van der Waals surface area (Å²) in [6, 6.07) is 17.5. The molecule has 0 aliphatic rings. The molecular weight excluding hydrogens is 428 g/mol. The Balaban J connectivity index is 1.98. The summed E-state index contributed by atoms with van der Waals surface area (Å²) in [6.45, 7) is 0. The third kappa shape index (κ3) is 4.84. The summed E-state index contributed by atoms with van der Waals surface area (Å²) >= 11 is 6.06. The Hall–Kier alpha value is -3.23. The fourth-order valence-corrected chi connectivity index (χ4v) is 3.92. The SMILES string of the molecule is CNC(=O)c1cc(S(=O)(=O)Nc2cc(Cl)ccc2Oc2ccccc2)ccc1OC. The monoisotopic (exact) mass is 446 g/mol. The molecule has 0 bridgehead atoms. The quantitative estimate of drug-likeness (QED) is 0.564. The van der Waals surface area contributed by atoms with Crippen LogP contribution in [0.4, 0.5) is 5.69 Å². The Bertz CT molecular complexity index is 1170. The van der Waals surface area contributed by atoms with Crippen LogP contribution in [0.2, 0.25) is 5.02 Å². The van der Waals surface area contributed by atoms with E-state index in [4.69, 9.17) is 21.1 Å². The van der Waals surface area contributed by atoms with Crippen molar-refractivity contribution in [3.05, 3.63) is 77.3 Å². The van der Waals surface area contributed by atoms with Gasteiger partial charge in [0.1, 0.15) is 11.5 Å². The highest BCUT2D eigenvalue weighted by atomic mass is 35.5. The molecule has 0 saturated carbocycles. The maximum Gasteiger partial charge on any atom is 0.262 e. The molecular formula is C21H19ClN2O5S. The highest BCUT2D eigenvalue weighted by Gasteiger charge is 2.21. The minimum Gasteiger partial charge on any atom is -0.496 e. The lowest BCUT2D eigenvalue weighted by molar-refractivity contribution is 0.0960. The van der Waals surface area contributed by atoms with Gasteiger partial charge >= 0.3 is 0 Å².